The number of nitrogens with two attached hydrogens (primary N) is 1. The molecule has 0 aliphatic heterocycles. The monoisotopic (exact) mass is 265 g/mol. The van der Waals surface area contributed by atoms with Crippen molar-refractivity contribution in [2.75, 3.05) is 0 Å². The number of aromatic hydroxyl groups is 1. The number of rotatable bonds is 4. The Bertz CT molecular complexity index is 554. The first-order valence-corrected chi connectivity index (χ1v) is 5.99. The van der Waals surface area contributed by atoms with Gasteiger partial charge in [0.15, 0.2) is 0 Å². The Morgan fingerprint density at radius 2 is 2.11 bits per heavy atom. The lowest BCUT2D eigenvalue weighted by Gasteiger charge is -2.07. The van der Waals surface area contributed by atoms with Crippen LogP contribution >= 0.6 is 11.8 Å². The minimum Gasteiger partial charge on any atom is -0.508 e. The van der Waals surface area contributed by atoms with E-state index >= 15 is 0 Å². The summed E-state index contributed by atoms with van der Waals surface area (Å²) in [5.74, 6) is -0.271. The summed E-state index contributed by atoms with van der Waals surface area (Å²) in [4.78, 5) is 11.0. The molecule has 2 aromatic rings. The third-order valence-corrected chi connectivity index (χ3v) is 3.27. The van der Waals surface area contributed by atoms with E-state index in [0.29, 0.717) is 10.8 Å². The van der Waals surface area contributed by atoms with Gasteiger partial charge in [-0.3, -0.25) is 4.79 Å². The lowest BCUT2D eigenvalue weighted by Crippen LogP contribution is -2.23. The molecule has 0 aliphatic carbocycles. The molecule has 7 nitrogen and oxygen atoms in total. The number of carbonyl (C=O) groups excluding carboxylic acids is 1. The molecule has 1 aromatic carbocycles. The summed E-state index contributed by atoms with van der Waals surface area (Å²) < 4.78 is 1.48. The van der Waals surface area contributed by atoms with Crippen LogP contribution in [0.5, 0.6) is 5.75 Å². The van der Waals surface area contributed by atoms with Crippen molar-refractivity contribution in [2.45, 2.75) is 17.3 Å². The predicted octanol–water partition coefficient (Wildman–Crippen LogP) is 0.334. The van der Waals surface area contributed by atoms with Gasteiger partial charge in [0, 0.05) is 0 Å². The number of thioether (sulfide) groups is 1. The molecule has 3 N–H and O–H groups in total. The van der Waals surface area contributed by atoms with Gasteiger partial charge in [-0.05, 0) is 41.6 Å². The number of aromatic nitrogens is 4. The van der Waals surface area contributed by atoms with Crippen LogP contribution in [-0.4, -0.2) is 36.5 Å². The zero-order valence-corrected chi connectivity index (χ0v) is 10.3. The molecule has 1 amide bonds. The highest BCUT2D eigenvalue weighted by molar-refractivity contribution is 8.00. The lowest BCUT2D eigenvalue weighted by atomic mass is 10.3. The van der Waals surface area contributed by atoms with E-state index in [1.165, 1.54) is 28.6 Å². The molecule has 0 bridgehead atoms. The van der Waals surface area contributed by atoms with Crippen molar-refractivity contribution in [3.63, 3.8) is 0 Å². The summed E-state index contributed by atoms with van der Waals surface area (Å²) in [5, 5.41) is 20.5. The minimum atomic E-state index is -0.430. The molecule has 0 radical (unpaired) electrons. The van der Waals surface area contributed by atoms with Gasteiger partial charge in [-0.2, -0.15) is 4.68 Å². The molecule has 1 unspecified atom stereocenters. The Kier molecular flexibility index (Phi) is 3.47. The number of benzene rings is 1. The highest BCUT2D eigenvalue weighted by atomic mass is 32.2. The van der Waals surface area contributed by atoms with Crippen molar-refractivity contribution < 1.29 is 9.90 Å². The summed E-state index contributed by atoms with van der Waals surface area (Å²) in [6.07, 6.45) is 0. The van der Waals surface area contributed by atoms with Crippen LogP contribution < -0.4 is 5.73 Å². The number of phenols is 1. The quantitative estimate of drug-likeness (QED) is 0.772. The maximum absolute atomic E-state index is 11.0. The van der Waals surface area contributed by atoms with Crippen LogP contribution in [0.15, 0.2) is 29.4 Å². The molecule has 0 saturated carbocycles. The van der Waals surface area contributed by atoms with Crippen LogP contribution in [0.3, 0.4) is 0 Å². The normalized spacial score (nSPS) is 12.3. The molecule has 1 atom stereocenters. The minimum absolute atomic E-state index is 0.159. The number of tetrazole rings is 1. The number of hydrogen-bond acceptors (Lipinski definition) is 6. The first-order chi connectivity index (χ1) is 8.58. The van der Waals surface area contributed by atoms with Crippen LogP contribution in [0.1, 0.15) is 6.92 Å². The smallest absolute Gasteiger partial charge is 0.230 e. The Morgan fingerprint density at radius 1 is 1.44 bits per heavy atom. The van der Waals surface area contributed by atoms with Crippen molar-refractivity contribution in [3.8, 4) is 11.4 Å². The Morgan fingerprint density at radius 3 is 2.72 bits per heavy atom. The van der Waals surface area contributed by atoms with Gasteiger partial charge in [0.25, 0.3) is 0 Å². The van der Waals surface area contributed by atoms with Crippen molar-refractivity contribution in [1.29, 1.82) is 0 Å². The van der Waals surface area contributed by atoms with Gasteiger partial charge >= 0.3 is 0 Å². The van der Waals surface area contributed by atoms with E-state index in [9.17, 15) is 9.90 Å². The molecule has 18 heavy (non-hydrogen) atoms. The number of nitrogens with zero attached hydrogens (tertiary/aromatic N) is 4. The average molecular weight is 265 g/mol. The average Bonchev–Trinajstić information content (AvgIpc) is 2.78. The van der Waals surface area contributed by atoms with Gasteiger partial charge in [0.05, 0.1) is 10.9 Å². The zero-order valence-electron chi connectivity index (χ0n) is 9.52. The molecular weight excluding hydrogens is 254 g/mol. The summed E-state index contributed by atoms with van der Waals surface area (Å²) in [6, 6.07) is 6.40. The fraction of sp³-hybridized carbons (Fsp3) is 0.200. The van der Waals surface area contributed by atoms with Crippen molar-refractivity contribution in [2.24, 2.45) is 5.73 Å². The first-order valence-electron chi connectivity index (χ1n) is 5.11. The molecule has 1 aromatic heterocycles. The van der Waals surface area contributed by atoms with E-state index in [0.717, 1.165) is 0 Å². The number of carbonyl (C=O) groups is 1. The molecule has 0 fully saturated rings. The van der Waals surface area contributed by atoms with Gasteiger partial charge in [0.2, 0.25) is 11.1 Å². The van der Waals surface area contributed by atoms with Crippen molar-refractivity contribution in [3.05, 3.63) is 24.3 Å². The summed E-state index contributed by atoms with van der Waals surface area (Å²) in [6.45, 7) is 1.68. The maximum Gasteiger partial charge on any atom is 0.230 e. The topological polar surface area (TPSA) is 107 Å². The van der Waals surface area contributed by atoms with E-state index in [1.807, 2.05) is 0 Å². The fourth-order valence-electron chi connectivity index (χ4n) is 1.22. The van der Waals surface area contributed by atoms with Crippen LogP contribution in [0.2, 0.25) is 0 Å². The molecule has 0 spiro atoms. The van der Waals surface area contributed by atoms with Crippen LogP contribution in [-0.2, 0) is 4.79 Å². The number of phenolic OH excluding ortho intramolecular Hbond substituents is 1. The second-order valence-corrected chi connectivity index (χ2v) is 4.86. The SMILES string of the molecule is CC(Sc1nnnn1-c1ccc(O)cc1)C(N)=O. The second kappa shape index (κ2) is 5.05. The standard InChI is InChI=1S/C10H11N5O2S/c1-6(9(11)17)18-10-12-13-14-15(10)7-2-4-8(16)5-3-7/h2-6,16H,1H3,(H2,11,17). The Balaban J connectivity index is 2.27. The van der Waals surface area contributed by atoms with Crippen molar-refractivity contribution in [1.82, 2.24) is 20.2 Å². The Labute approximate surface area is 107 Å². The van der Waals surface area contributed by atoms with Crippen LogP contribution in [0, 0.1) is 0 Å². The van der Waals surface area contributed by atoms with E-state index in [-0.39, 0.29) is 5.75 Å². The van der Waals surface area contributed by atoms with E-state index < -0.39 is 11.2 Å². The number of hydrogen-bond donors (Lipinski definition) is 2. The summed E-state index contributed by atoms with van der Waals surface area (Å²) in [7, 11) is 0. The fourth-order valence-corrected chi connectivity index (χ4v) is 1.98. The molecule has 0 saturated heterocycles. The molecule has 1 heterocycles. The lowest BCUT2D eigenvalue weighted by molar-refractivity contribution is -0.117. The molecule has 8 heteroatoms. The van der Waals surface area contributed by atoms with Crippen LogP contribution in [0.4, 0.5) is 0 Å². The van der Waals surface area contributed by atoms with Gasteiger partial charge in [-0.25, -0.2) is 0 Å². The van der Waals surface area contributed by atoms with E-state index in [4.69, 9.17) is 5.73 Å². The van der Waals surface area contributed by atoms with Crippen LogP contribution in [0.25, 0.3) is 5.69 Å². The number of primary amides is 1. The van der Waals surface area contributed by atoms with Gasteiger partial charge in [-0.1, -0.05) is 11.8 Å². The predicted molar refractivity (Wildman–Crippen MR) is 65.3 cm³/mol. The van der Waals surface area contributed by atoms with Gasteiger partial charge in [0.1, 0.15) is 5.75 Å². The van der Waals surface area contributed by atoms with E-state index in [1.54, 1.807) is 19.1 Å². The van der Waals surface area contributed by atoms with Crippen molar-refractivity contribution >= 4 is 17.7 Å². The van der Waals surface area contributed by atoms with Gasteiger partial charge in [-0.15, -0.1) is 5.10 Å². The molecular formula is C10H11N5O2S. The third kappa shape index (κ3) is 2.59. The zero-order chi connectivity index (χ0) is 13.1. The highest BCUT2D eigenvalue weighted by Gasteiger charge is 2.16. The third-order valence-electron chi connectivity index (χ3n) is 2.22. The molecule has 94 valence electrons. The second-order valence-electron chi connectivity index (χ2n) is 3.55. The maximum atomic E-state index is 11.0. The number of amides is 1. The first kappa shape index (κ1) is 12.4. The van der Waals surface area contributed by atoms with E-state index in [2.05, 4.69) is 15.5 Å². The Hall–Kier alpha value is -2.09. The van der Waals surface area contributed by atoms with Gasteiger partial charge < -0.3 is 10.8 Å². The largest absolute Gasteiger partial charge is 0.508 e. The highest BCUT2D eigenvalue weighted by Crippen LogP contribution is 2.23. The summed E-state index contributed by atoms with van der Waals surface area (Å²) in [5.41, 5.74) is 5.88. The molecule has 0 aliphatic rings. The molecule has 2 rings (SSSR count). The summed E-state index contributed by atoms with van der Waals surface area (Å²) >= 11 is 1.17.